The third-order valence-corrected chi connectivity index (χ3v) is 17.5. The van der Waals surface area contributed by atoms with Crippen molar-refractivity contribution in [3.63, 3.8) is 0 Å². The summed E-state index contributed by atoms with van der Waals surface area (Å²) in [5, 5.41) is 20.2. The van der Waals surface area contributed by atoms with Crippen molar-refractivity contribution in [2.45, 2.75) is 158 Å². The van der Waals surface area contributed by atoms with Crippen LogP contribution in [0.1, 0.15) is 140 Å². The molecule has 330 valence electrons. The second-order valence-corrected chi connectivity index (χ2v) is 21.5. The zero-order chi connectivity index (χ0) is 42.2. The number of hydrogen-bond donors (Lipinski definition) is 4. The summed E-state index contributed by atoms with van der Waals surface area (Å²) in [5.74, 6) is 0.583. The molecule has 9 atom stereocenters. The number of β-amino-alcohol motifs (C(OH)–C–C–N with tert-alkyl or cyclic N) is 1. The van der Waals surface area contributed by atoms with Crippen molar-refractivity contribution >= 4 is 11.8 Å². The van der Waals surface area contributed by atoms with Crippen molar-refractivity contribution in [3.05, 3.63) is 71.8 Å². The quantitative estimate of drug-likeness (QED) is 0.133. The highest BCUT2D eigenvalue weighted by Gasteiger charge is 2.71. The van der Waals surface area contributed by atoms with Gasteiger partial charge in [-0.3, -0.25) is 18.4 Å². The zero-order valence-electron chi connectivity index (χ0n) is 36.8. The number of aliphatic hydroxyl groups is 1. The van der Waals surface area contributed by atoms with Crippen LogP contribution in [0.5, 0.6) is 0 Å². The summed E-state index contributed by atoms with van der Waals surface area (Å²) in [5.41, 5.74) is 2.10. The highest BCUT2D eigenvalue weighted by atomic mass is 19.1. The molecule has 2 amide bonds. The molecule has 6 saturated carbocycles. The molecular weight excluding hydrogens is 755 g/mol. The number of aliphatic hydroxyl groups excluding tert-OH is 1. The van der Waals surface area contributed by atoms with Crippen LogP contribution in [-0.2, 0) is 20.4 Å². The molecule has 2 heterocycles. The molecule has 1 aromatic rings. The maximum absolute atomic E-state index is 15.2. The Morgan fingerprint density at radius 3 is 2.23 bits per heavy atom. The van der Waals surface area contributed by atoms with E-state index in [2.05, 4.69) is 57.3 Å². The summed E-state index contributed by atoms with van der Waals surface area (Å²) in [4.78, 5) is 30.5. The lowest BCUT2D eigenvalue weighted by Crippen LogP contribution is -2.67. The number of nitrogens with zero attached hydrogens (tertiary/aromatic N) is 1. The van der Waals surface area contributed by atoms with Gasteiger partial charge in [0, 0.05) is 26.1 Å². The van der Waals surface area contributed by atoms with Gasteiger partial charge in [-0.05, 0) is 185 Å². The lowest BCUT2D eigenvalue weighted by atomic mass is 9.33. The number of carbonyl (C=O) groups excluding carboxylic acids is 2. The van der Waals surface area contributed by atoms with Gasteiger partial charge in [0.25, 0.3) is 0 Å². The molecule has 1 aromatic carbocycles. The Bertz CT molecular complexity index is 1790. The molecule has 3 unspecified atom stereocenters. The number of rotatable bonds is 15. The molecule has 0 aromatic heterocycles. The number of fused-ring (bicyclic) bond motifs is 2. The molecule has 9 heteroatoms. The van der Waals surface area contributed by atoms with Crippen molar-refractivity contribution < 1.29 is 23.5 Å². The molecule has 9 rings (SSSR count). The second-order valence-electron chi connectivity index (χ2n) is 21.5. The van der Waals surface area contributed by atoms with Crippen LogP contribution in [0, 0.1) is 27.6 Å². The van der Waals surface area contributed by atoms with Crippen molar-refractivity contribution in [1.29, 1.82) is 0 Å². The monoisotopic (exact) mass is 829 g/mol. The Morgan fingerprint density at radius 2 is 1.52 bits per heavy atom. The number of piperidine rings is 2. The molecule has 4 N–H and O–H groups in total. The van der Waals surface area contributed by atoms with Crippen LogP contribution in [0.4, 0.5) is 8.78 Å². The lowest BCUT2D eigenvalue weighted by Gasteiger charge is -2.71. The Balaban J connectivity index is 1.11. The van der Waals surface area contributed by atoms with Gasteiger partial charge < -0.3 is 26.0 Å². The molecule has 2 saturated heterocycles. The molecule has 0 radical (unpaired) electrons. The molecule has 8 fully saturated rings. The van der Waals surface area contributed by atoms with E-state index in [1.54, 1.807) is 0 Å². The van der Waals surface area contributed by atoms with Crippen LogP contribution in [0.25, 0.3) is 0 Å². The first-order valence-corrected chi connectivity index (χ1v) is 23.7. The van der Waals surface area contributed by atoms with E-state index >= 15 is 4.79 Å². The van der Waals surface area contributed by atoms with Gasteiger partial charge in [-0.2, -0.15) is 0 Å². The first-order valence-electron chi connectivity index (χ1n) is 23.7. The fourth-order valence-electron chi connectivity index (χ4n) is 15.5. The highest BCUT2D eigenvalue weighted by molar-refractivity contribution is 5.84. The van der Waals surface area contributed by atoms with Crippen molar-refractivity contribution in [1.82, 2.24) is 20.9 Å². The molecule has 2 aliphatic heterocycles. The third-order valence-electron chi connectivity index (χ3n) is 17.5. The number of benzene rings is 1. The molecule has 60 heavy (non-hydrogen) atoms. The van der Waals surface area contributed by atoms with Gasteiger partial charge in [0.1, 0.15) is 0 Å². The minimum Gasteiger partial charge on any atom is -0.390 e. The molecule has 8 aliphatic rings. The number of nitrogens with one attached hydrogen (secondary N) is 3. The lowest BCUT2D eigenvalue weighted by molar-refractivity contribution is -0.188. The fourth-order valence-corrected chi connectivity index (χ4v) is 15.5. The van der Waals surface area contributed by atoms with Gasteiger partial charge in [0.15, 0.2) is 0 Å². The van der Waals surface area contributed by atoms with E-state index in [1.165, 1.54) is 11.1 Å². The molecule has 6 bridgehead atoms. The van der Waals surface area contributed by atoms with Gasteiger partial charge in [0.2, 0.25) is 11.8 Å². The number of halogens is 2. The van der Waals surface area contributed by atoms with Crippen molar-refractivity contribution in [3.8, 4) is 0 Å². The minimum absolute atomic E-state index is 0.00620. The molecule has 0 spiro atoms. The number of hydrogen-bond acceptors (Lipinski definition) is 5. The van der Waals surface area contributed by atoms with Gasteiger partial charge in [-0.15, -0.1) is 0 Å². The second kappa shape index (κ2) is 17.4. The summed E-state index contributed by atoms with van der Waals surface area (Å²) in [6, 6.07) is 9.49. The van der Waals surface area contributed by atoms with E-state index in [4.69, 9.17) is 6.58 Å². The Kier molecular flexibility index (Phi) is 12.7. The topological polar surface area (TPSA) is 93.7 Å². The minimum atomic E-state index is -0.581. The summed E-state index contributed by atoms with van der Waals surface area (Å²) in [6.07, 6.45) is 23.8. The zero-order valence-corrected chi connectivity index (χ0v) is 36.8. The van der Waals surface area contributed by atoms with Crippen LogP contribution in [0.3, 0.4) is 0 Å². The van der Waals surface area contributed by atoms with Crippen LogP contribution >= 0.6 is 0 Å². The SMILES string of the molecule is C=C(/C=C\C=C/C)[C@@]12CC3(C(=O)N(C)C4CCNCC4)CC(c4ccc([C@]56CCC[C@](CCF)(CC(CCC(=O)N[C@@H]7CCNC[C@H]7O)C5)C6)cc4)(C[C@@](CCF)(C3)C1)C2. The van der Waals surface area contributed by atoms with Crippen LogP contribution in [-0.4, -0.2) is 86.6 Å². The first kappa shape index (κ1) is 43.8. The van der Waals surface area contributed by atoms with Gasteiger partial charge in [-0.25, -0.2) is 0 Å². The maximum atomic E-state index is 15.2. The predicted octanol–water partition coefficient (Wildman–Crippen LogP) is 8.71. The Labute approximate surface area is 359 Å². The third kappa shape index (κ3) is 8.22. The predicted molar refractivity (Wildman–Crippen MR) is 236 cm³/mol. The normalized spacial score (nSPS) is 39.0. The largest absolute Gasteiger partial charge is 0.390 e. The maximum Gasteiger partial charge on any atom is 0.228 e. The molecule has 7 nitrogen and oxygen atoms in total. The van der Waals surface area contributed by atoms with E-state index in [1.807, 2.05) is 26.1 Å². The van der Waals surface area contributed by atoms with E-state index < -0.39 is 11.5 Å². The van der Waals surface area contributed by atoms with Crippen LogP contribution in [0.15, 0.2) is 60.7 Å². The highest BCUT2D eigenvalue weighted by Crippen LogP contribution is 2.77. The van der Waals surface area contributed by atoms with Gasteiger partial charge in [-0.1, -0.05) is 61.6 Å². The van der Waals surface area contributed by atoms with Crippen LogP contribution in [0.2, 0.25) is 0 Å². The smallest absolute Gasteiger partial charge is 0.228 e. The van der Waals surface area contributed by atoms with Crippen molar-refractivity contribution in [2.75, 3.05) is 46.6 Å². The van der Waals surface area contributed by atoms with Gasteiger partial charge in [0.05, 0.1) is 30.9 Å². The fraction of sp³-hybridized carbons (Fsp3) is 0.725. The molecular formula is C51H74F2N4O3. The number of carbonyl (C=O) groups is 2. The number of allylic oxidation sites excluding steroid dienone is 5. The average molecular weight is 829 g/mol. The summed E-state index contributed by atoms with van der Waals surface area (Å²) >= 11 is 0. The molecule has 6 aliphatic carbocycles. The van der Waals surface area contributed by atoms with E-state index in [0.29, 0.717) is 31.7 Å². The summed E-state index contributed by atoms with van der Waals surface area (Å²) < 4.78 is 29.3. The van der Waals surface area contributed by atoms with E-state index in [0.717, 1.165) is 128 Å². The number of alkyl halides is 2. The van der Waals surface area contributed by atoms with Crippen molar-refractivity contribution in [2.24, 2.45) is 27.6 Å². The van der Waals surface area contributed by atoms with Gasteiger partial charge >= 0.3 is 0 Å². The first-order chi connectivity index (χ1) is 28.9. The standard InChI is InChI=1S/C51H74F2N4O3/c1-4-5-6-8-37(2)49-31-47(21-23-53)32-50(34-49,36-51(33-47,35-49)45(60)57(3)41-15-24-54-25-16-41)40-12-10-39(11-13-40)48-19-7-18-46(30-48,20-22-52)27-38(28-48)9-14-44(59)56-42-17-26-55-29-43(42)58/h4-6,8,10-13,38,41-43,54-55,58H,2,7,9,14-36H2,1,3H3,(H,56,59)/b5-4-,8-6-/t38?,42-,43-,46+,47+,48-,49+,50?,51?/m1/s1. The Morgan fingerprint density at radius 1 is 0.850 bits per heavy atom. The van der Waals surface area contributed by atoms with E-state index in [-0.39, 0.29) is 64.3 Å². The number of amides is 2. The summed E-state index contributed by atoms with van der Waals surface area (Å²) in [6.45, 7) is 9.19. The Hall–Kier alpha value is -2.88. The summed E-state index contributed by atoms with van der Waals surface area (Å²) in [7, 11) is 2.03. The van der Waals surface area contributed by atoms with E-state index in [9.17, 15) is 18.7 Å². The average Bonchev–Trinajstić information content (AvgIpc) is 3.23. The van der Waals surface area contributed by atoms with Crippen LogP contribution < -0.4 is 16.0 Å².